The van der Waals surface area contributed by atoms with E-state index < -0.39 is 0 Å². The number of hydrogen-bond acceptors (Lipinski definition) is 6. The molecular formula is C18H21N3O3S. The van der Waals surface area contributed by atoms with Gasteiger partial charge in [0.15, 0.2) is 0 Å². The molecule has 0 radical (unpaired) electrons. The molecule has 3 rings (SSSR count). The summed E-state index contributed by atoms with van der Waals surface area (Å²) < 4.78 is 5.34. The van der Waals surface area contributed by atoms with Gasteiger partial charge in [-0.1, -0.05) is 13.8 Å². The molecule has 0 aromatic carbocycles. The second kappa shape index (κ2) is 7.74. The predicted octanol–water partition coefficient (Wildman–Crippen LogP) is 3.48. The molecule has 0 saturated carbocycles. The lowest BCUT2D eigenvalue weighted by molar-refractivity contribution is 0.0505. The van der Waals surface area contributed by atoms with Crippen LogP contribution in [0, 0.1) is 5.92 Å². The van der Waals surface area contributed by atoms with Gasteiger partial charge < -0.3 is 10.1 Å². The average molecular weight is 359 g/mol. The minimum absolute atomic E-state index is 0.218. The lowest BCUT2D eigenvalue weighted by Gasteiger charge is -2.18. The van der Waals surface area contributed by atoms with Crippen LogP contribution in [0.15, 0.2) is 18.6 Å². The fraction of sp³-hybridized carbons (Fsp3) is 0.444. The average Bonchev–Trinajstić information content (AvgIpc) is 2.97. The van der Waals surface area contributed by atoms with Crippen molar-refractivity contribution >= 4 is 28.2 Å². The molecule has 0 aliphatic heterocycles. The number of amides is 1. The number of anilines is 1. The fourth-order valence-corrected chi connectivity index (χ4v) is 4.30. The van der Waals surface area contributed by atoms with Crippen molar-refractivity contribution in [2.45, 2.75) is 39.5 Å². The summed E-state index contributed by atoms with van der Waals surface area (Å²) in [5, 5.41) is 3.38. The van der Waals surface area contributed by atoms with E-state index in [2.05, 4.69) is 22.2 Å². The number of thiophene rings is 1. The Labute approximate surface area is 150 Å². The van der Waals surface area contributed by atoms with Crippen LogP contribution in [0.25, 0.3) is 0 Å². The molecule has 1 aliphatic carbocycles. The zero-order chi connectivity index (χ0) is 17.8. The smallest absolute Gasteiger partial charge is 0.341 e. The number of rotatable bonds is 5. The van der Waals surface area contributed by atoms with Gasteiger partial charge in [-0.2, -0.15) is 0 Å². The molecule has 2 aromatic heterocycles. The zero-order valence-corrected chi connectivity index (χ0v) is 15.2. The topological polar surface area (TPSA) is 81.2 Å². The molecule has 6 nitrogen and oxygen atoms in total. The Morgan fingerprint density at radius 1 is 1.40 bits per heavy atom. The van der Waals surface area contributed by atoms with Gasteiger partial charge in [0.25, 0.3) is 5.91 Å². The highest BCUT2D eigenvalue weighted by Gasteiger charge is 2.29. The van der Waals surface area contributed by atoms with Crippen LogP contribution < -0.4 is 5.32 Å². The number of carbonyl (C=O) groups is 2. The van der Waals surface area contributed by atoms with E-state index in [1.54, 1.807) is 0 Å². The zero-order valence-electron chi connectivity index (χ0n) is 14.4. The van der Waals surface area contributed by atoms with Crippen molar-refractivity contribution in [3.63, 3.8) is 0 Å². The van der Waals surface area contributed by atoms with Gasteiger partial charge >= 0.3 is 5.97 Å². The summed E-state index contributed by atoms with van der Waals surface area (Å²) in [5.41, 5.74) is 1.76. The second-order valence-electron chi connectivity index (χ2n) is 6.24. The van der Waals surface area contributed by atoms with Gasteiger partial charge in [0, 0.05) is 17.3 Å². The van der Waals surface area contributed by atoms with Crippen LogP contribution >= 0.6 is 11.3 Å². The highest BCUT2D eigenvalue weighted by atomic mass is 32.1. The van der Waals surface area contributed by atoms with Crippen LogP contribution in [0.1, 0.15) is 58.0 Å². The standard InChI is InChI=1S/C18H21N3O3S/c1-3-8-24-18(23)15-12-5-4-11(2)9-14(12)25-17(15)21-16(22)13-10-19-6-7-20-13/h6-7,10-11H,3-5,8-9H2,1-2H3,(H,21,22). The molecule has 25 heavy (non-hydrogen) atoms. The first-order chi connectivity index (χ1) is 12.1. The van der Waals surface area contributed by atoms with Crippen LogP contribution in [0.2, 0.25) is 0 Å². The summed E-state index contributed by atoms with van der Waals surface area (Å²) in [5.74, 6) is -0.151. The number of ether oxygens (including phenoxy) is 1. The van der Waals surface area contributed by atoms with E-state index in [-0.39, 0.29) is 17.6 Å². The Kier molecular flexibility index (Phi) is 5.43. The number of fused-ring (bicyclic) bond motifs is 1. The highest BCUT2D eigenvalue weighted by Crippen LogP contribution is 2.40. The summed E-state index contributed by atoms with van der Waals surface area (Å²) >= 11 is 1.47. The monoisotopic (exact) mass is 359 g/mol. The molecule has 132 valence electrons. The van der Waals surface area contributed by atoms with Gasteiger partial charge in [-0.25, -0.2) is 9.78 Å². The maximum Gasteiger partial charge on any atom is 0.341 e. The van der Waals surface area contributed by atoms with Gasteiger partial charge in [0.1, 0.15) is 10.7 Å². The van der Waals surface area contributed by atoms with Crippen molar-refractivity contribution in [1.82, 2.24) is 9.97 Å². The van der Waals surface area contributed by atoms with Crippen molar-refractivity contribution in [3.05, 3.63) is 40.3 Å². The lowest BCUT2D eigenvalue weighted by atomic mass is 9.88. The van der Waals surface area contributed by atoms with Gasteiger partial charge in [-0.05, 0) is 37.2 Å². The van der Waals surface area contributed by atoms with E-state index in [1.807, 2.05) is 6.92 Å². The molecular weight excluding hydrogens is 338 g/mol. The normalized spacial score (nSPS) is 16.2. The second-order valence-corrected chi connectivity index (χ2v) is 7.34. The molecule has 0 spiro atoms. The highest BCUT2D eigenvalue weighted by molar-refractivity contribution is 7.17. The number of carbonyl (C=O) groups excluding carboxylic acids is 2. The lowest BCUT2D eigenvalue weighted by Crippen LogP contribution is -2.17. The quantitative estimate of drug-likeness (QED) is 0.827. The number of nitrogens with zero attached hydrogens (tertiary/aromatic N) is 2. The third kappa shape index (κ3) is 3.87. The van der Waals surface area contributed by atoms with Gasteiger partial charge in [0.2, 0.25) is 0 Å². The first-order valence-corrected chi connectivity index (χ1v) is 9.30. The number of nitrogens with one attached hydrogen (secondary N) is 1. The number of aromatic nitrogens is 2. The molecule has 1 amide bonds. The van der Waals surface area contributed by atoms with E-state index in [1.165, 1.54) is 29.9 Å². The Hall–Kier alpha value is -2.28. The number of hydrogen-bond donors (Lipinski definition) is 1. The van der Waals surface area contributed by atoms with E-state index in [0.717, 1.165) is 36.1 Å². The summed E-state index contributed by atoms with van der Waals surface area (Å²) in [4.78, 5) is 34.1. The molecule has 2 aromatic rings. The summed E-state index contributed by atoms with van der Waals surface area (Å²) in [6.45, 7) is 4.53. The Morgan fingerprint density at radius 2 is 2.24 bits per heavy atom. The summed E-state index contributed by atoms with van der Waals surface area (Å²) in [6, 6.07) is 0. The van der Waals surface area contributed by atoms with Crippen LogP contribution in [-0.2, 0) is 17.6 Å². The van der Waals surface area contributed by atoms with E-state index in [9.17, 15) is 9.59 Å². The van der Waals surface area contributed by atoms with E-state index in [0.29, 0.717) is 23.1 Å². The molecule has 0 bridgehead atoms. The minimum atomic E-state index is -0.371. The molecule has 0 fully saturated rings. The summed E-state index contributed by atoms with van der Waals surface area (Å²) in [7, 11) is 0. The van der Waals surface area contributed by atoms with Gasteiger partial charge in [-0.15, -0.1) is 11.3 Å². The van der Waals surface area contributed by atoms with Crippen LogP contribution in [-0.4, -0.2) is 28.5 Å². The SMILES string of the molecule is CCCOC(=O)c1c(NC(=O)c2cnccn2)sc2c1CCC(C)C2. The van der Waals surface area contributed by atoms with E-state index >= 15 is 0 Å². The predicted molar refractivity (Wildman–Crippen MR) is 96.1 cm³/mol. The Morgan fingerprint density at radius 3 is 2.96 bits per heavy atom. The largest absolute Gasteiger partial charge is 0.462 e. The number of esters is 1. The fourth-order valence-electron chi connectivity index (χ4n) is 2.91. The maximum absolute atomic E-state index is 12.6. The van der Waals surface area contributed by atoms with Crippen molar-refractivity contribution < 1.29 is 14.3 Å². The molecule has 1 N–H and O–H groups in total. The van der Waals surface area contributed by atoms with Crippen LogP contribution in [0.5, 0.6) is 0 Å². The van der Waals surface area contributed by atoms with Crippen LogP contribution in [0.4, 0.5) is 5.00 Å². The van der Waals surface area contributed by atoms with Crippen molar-refractivity contribution in [2.75, 3.05) is 11.9 Å². The molecule has 1 aliphatic rings. The molecule has 0 saturated heterocycles. The maximum atomic E-state index is 12.6. The molecule has 2 heterocycles. The molecule has 1 unspecified atom stereocenters. The first-order valence-electron chi connectivity index (χ1n) is 8.49. The van der Waals surface area contributed by atoms with Crippen LogP contribution in [0.3, 0.4) is 0 Å². The Bertz CT molecular complexity index is 773. The minimum Gasteiger partial charge on any atom is -0.462 e. The van der Waals surface area contributed by atoms with Crippen molar-refractivity contribution in [1.29, 1.82) is 0 Å². The third-order valence-corrected chi connectivity index (χ3v) is 5.35. The first kappa shape index (κ1) is 17.5. The van der Waals surface area contributed by atoms with Gasteiger partial charge in [-0.3, -0.25) is 9.78 Å². The molecule has 1 atom stereocenters. The van der Waals surface area contributed by atoms with Crippen molar-refractivity contribution in [2.24, 2.45) is 5.92 Å². The van der Waals surface area contributed by atoms with E-state index in [4.69, 9.17) is 4.74 Å². The Balaban J connectivity index is 1.92. The third-order valence-electron chi connectivity index (χ3n) is 4.18. The molecule has 7 heteroatoms. The summed E-state index contributed by atoms with van der Waals surface area (Å²) in [6.07, 6.45) is 7.94. The van der Waals surface area contributed by atoms with Gasteiger partial charge in [0.05, 0.1) is 18.4 Å². The van der Waals surface area contributed by atoms with Crippen molar-refractivity contribution in [3.8, 4) is 0 Å².